The number of rotatable bonds is 3. The molecule has 5 nitrogen and oxygen atoms in total. The van der Waals surface area contributed by atoms with Crippen molar-refractivity contribution in [2.24, 2.45) is 0 Å². The Labute approximate surface area is 125 Å². The van der Waals surface area contributed by atoms with Crippen LogP contribution in [0.1, 0.15) is 18.7 Å². The minimum Gasteiger partial charge on any atom is -0.353 e. The van der Waals surface area contributed by atoms with E-state index in [0.29, 0.717) is 16.9 Å². The Bertz CT molecular complexity index is 853. The Kier molecular flexibility index (Phi) is 2.82. The lowest BCUT2D eigenvalue weighted by Crippen LogP contribution is -2.27. The van der Waals surface area contributed by atoms with Crippen LogP contribution in [-0.4, -0.2) is 26.9 Å². The summed E-state index contributed by atoms with van der Waals surface area (Å²) in [4.78, 5) is 23.9. The van der Waals surface area contributed by atoms with Gasteiger partial charge in [0.15, 0.2) is 0 Å². The number of imidazole rings is 1. The number of benzene rings is 1. The predicted molar refractivity (Wildman–Crippen MR) is 81.3 cm³/mol. The van der Waals surface area contributed by atoms with E-state index in [2.05, 4.69) is 20.3 Å². The van der Waals surface area contributed by atoms with Crippen LogP contribution in [0.25, 0.3) is 21.9 Å². The topological polar surface area (TPSA) is 70.7 Å². The zero-order chi connectivity index (χ0) is 14.4. The predicted octanol–water partition coefficient (Wildman–Crippen LogP) is 2.59. The normalized spacial score (nSPS) is 14.7. The SMILES string of the molecule is O=C(Cc1nc2c(cnc3ccc(Cl)cc32)[nH]1)NC1CC1. The van der Waals surface area contributed by atoms with Crippen LogP contribution in [-0.2, 0) is 11.2 Å². The highest BCUT2D eigenvalue weighted by Crippen LogP contribution is 2.25. The highest BCUT2D eigenvalue weighted by molar-refractivity contribution is 6.31. The molecule has 1 aliphatic rings. The first-order valence-electron chi connectivity index (χ1n) is 6.91. The highest BCUT2D eigenvalue weighted by Gasteiger charge is 2.23. The van der Waals surface area contributed by atoms with E-state index in [1.807, 2.05) is 12.1 Å². The number of fused-ring (bicyclic) bond motifs is 3. The number of amides is 1. The van der Waals surface area contributed by atoms with E-state index in [-0.39, 0.29) is 12.3 Å². The molecule has 1 saturated carbocycles. The second-order valence-corrected chi connectivity index (χ2v) is 5.82. The molecule has 4 rings (SSSR count). The number of pyridine rings is 1. The lowest BCUT2D eigenvalue weighted by molar-refractivity contribution is -0.120. The smallest absolute Gasteiger partial charge is 0.227 e. The van der Waals surface area contributed by atoms with Gasteiger partial charge in [-0.25, -0.2) is 4.98 Å². The largest absolute Gasteiger partial charge is 0.353 e. The van der Waals surface area contributed by atoms with Gasteiger partial charge in [0.05, 0.1) is 29.2 Å². The van der Waals surface area contributed by atoms with Crippen LogP contribution in [0, 0.1) is 0 Å². The van der Waals surface area contributed by atoms with Gasteiger partial charge in [-0.3, -0.25) is 9.78 Å². The van der Waals surface area contributed by atoms with E-state index in [1.165, 1.54) is 0 Å². The van der Waals surface area contributed by atoms with Gasteiger partial charge in [-0.1, -0.05) is 11.6 Å². The number of nitrogens with one attached hydrogen (secondary N) is 2. The third kappa shape index (κ3) is 2.45. The quantitative estimate of drug-likeness (QED) is 0.781. The van der Waals surface area contributed by atoms with Crippen molar-refractivity contribution in [2.45, 2.75) is 25.3 Å². The molecule has 6 heteroatoms. The Morgan fingerprint density at radius 1 is 1.43 bits per heavy atom. The first-order valence-corrected chi connectivity index (χ1v) is 7.29. The van der Waals surface area contributed by atoms with Gasteiger partial charge < -0.3 is 10.3 Å². The fraction of sp³-hybridized carbons (Fsp3) is 0.267. The summed E-state index contributed by atoms with van der Waals surface area (Å²) >= 11 is 6.04. The lowest BCUT2D eigenvalue weighted by Gasteiger charge is -1.99. The van der Waals surface area contributed by atoms with Gasteiger partial charge in [0, 0.05) is 16.5 Å². The van der Waals surface area contributed by atoms with E-state index in [0.717, 1.165) is 34.8 Å². The molecule has 3 aromatic rings. The fourth-order valence-electron chi connectivity index (χ4n) is 2.42. The molecular weight excluding hydrogens is 288 g/mol. The molecule has 0 radical (unpaired) electrons. The summed E-state index contributed by atoms with van der Waals surface area (Å²) < 4.78 is 0. The molecule has 21 heavy (non-hydrogen) atoms. The number of halogens is 1. The Balaban J connectivity index is 1.72. The summed E-state index contributed by atoms with van der Waals surface area (Å²) in [5.41, 5.74) is 2.46. The number of carbonyl (C=O) groups is 1. The molecule has 2 N–H and O–H groups in total. The molecular formula is C15H13ClN4O. The van der Waals surface area contributed by atoms with Crippen LogP contribution in [0.3, 0.4) is 0 Å². The molecule has 0 saturated heterocycles. The number of carbonyl (C=O) groups excluding carboxylic acids is 1. The average Bonchev–Trinajstić information content (AvgIpc) is 3.15. The molecule has 0 bridgehead atoms. The van der Waals surface area contributed by atoms with E-state index >= 15 is 0 Å². The number of hydrogen-bond donors (Lipinski definition) is 2. The molecule has 0 unspecified atom stereocenters. The third-order valence-electron chi connectivity index (χ3n) is 3.60. The molecule has 2 heterocycles. The van der Waals surface area contributed by atoms with Gasteiger partial charge in [-0.2, -0.15) is 0 Å². The summed E-state index contributed by atoms with van der Waals surface area (Å²) in [6.07, 6.45) is 4.16. The molecule has 106 valence electrons. The van der Waals surface area contributed by atoms with Crippen molar-refractivity contribution in [3.8, 4) is 0 Å². The van der Waals surface area contributed by atoms with E-state index in [9.17, 15) is 4.79 Å². The zero-order valence-corrected chi connectivity index (χ0v) is 11.9. The van der Waals surface area contributed by atoms with Crippen molar-refractivity contribution in [2.75, 3.05) is 0 Å². The monoisotopic (exact) mass is 300 g/mol. The van der Waals surface area contributed by atoms with Crippen LogP contribution < -0.4 is 5.32 Å². The van der Waals surface area contributed by atoms with Crippen LogP contribution in [0.4, 0.5) is 0 Å². The van der Waals surface area contributed by atoms with Crippen molar-refractivity contribution in [3.63, 3.8) is 0 Å². The maximum atomic E-state index is 11.8. The second kappa shape index (κ2) is 4.70. The van der Waals surface area contributed by atoms with Gasteiger partial charge in [-0.05, 0) is 31.0 Å². The fourth-order valence-corrected chi connectivity index (χ4v) is 2.60. The van der Waals surface area contributed by atoms with Gasteiger partial charge in [-0.15, -0.1) is 0 Å². The minimum atomic E-state index is 0.00635. The molecule has 0 aliphatic heterocycles. The maximum Gasteiger partial charge on any atom is 0.227 e. The molecule has 0 spiro atoms. The second-order valence-electron chi connectivity index (χ2n) is 5.38. The van der Waals surface area contributed by atoms with E-state index in [1.54, 1.807) is 12.3 Å². The van der Waals surface area contributed by atoms with Crippen LogP contribution in [0.5, 0.6) is 0 Å². The van der Waals surface area contributed by atoms with Crippen molar-refractivity contribution < 1.29 is 4.79 Å². The molecule has 2 aromatic heterocycles. The van der Waals surface area contributed by atoms with Crippen molar-refractivity contribution >= 4 is 39.4 Å². The van der Waals surface area contributed by atoms with Crippen LogP contribution in [0.15, 0.2) is 24.4 Å². The van der Waals surface area contributed by atoms with Crippen LogP contribution >= 0.6 is 11.6 Å². The first-order chi connectivity index (χ1) is 10.2. The number of aromatic amines is 1. The van der Waals surface area contributed by atoms with Gasteiger partial charge in [0.2, 0.25) is 5.91 Å². The number of H-pyrrole nitrogens is 1. The zero-order valence-electron chi connectivity index (χ0n) is 11.2. The van der Waals surface area contributed by atoms with E-state index < -0.39 is 0 Å². The summed E-state index contributed by atoms with van der Waals surface area (Å²) in [5.74, 6) is 0.657. The summed E-state index contributed by atoms with van der Waals surface area (Å²) in [6.45, 7) is 0. The number of aromatic nitrogens is 3. The average molecular weight is 301 g/mol. The van der Waals surface area contributed by atoms with Gasteiger partial charge in [0.1, 0.15) is 5.82 Å². The highest BCUT2D eigenvalue weighted by atomic mass is 35.5. The molecule has 1 fully saturated rings. The lowest BCUT2D eigenvalue weighted by atomic mass is 10.2. The van der Waals surface area contributed by atoms with Gasteiger partial charge in [0.25, 0.3) is 0 Å². The van der Waals surface area contributed by atoms with Crippen LogP contribution in [0.2, 0.25) is 5.02 Å². The summed E-state index contributed by atoms with van der Waals surface area (Å²) in [6, 6.07) is 5.88. The minimum absolute atomic E-state index is 0.00635. The Morgan fingerprint density at radius 2 is 2.29 bits per heavy atom. The van der Waals surface area contributed by atoms with E-state index in [4.69, 9.17) is 11.6 Å². The maximum absolute atomic E-state index is 11.8. The number of nitrogens with zero attached hydrogens (tertiary/aromatic N) is 2. The Hall–Kier alpha value is -2.14. The van der Waals surface area contributed by atoms with Crippen molar-refractivity contribution in [3.05, 3.63) is 35.2 Å². The first kappa shape index (κ1) is 12.6. The standard InChI is InChI=1S/C15H13ClN4O/c16-8-1-4-11-10(5-8)15-12(7-17-11)19-13(20-15)6-14(21)18-9-2-3-9/h1,4-5,7,9H,2-3,6H2,(H,18,21)(H,19,20). The summed E-state index contributed by atoms with van der Waals surface area (Å²) in [5, 5.41) is 4.50. The number of hydrogen-bond acceptors (Lipinski definition) is 3. The summed E-state index contributed by atoms with van der Waals surface area (Å²) in [7, 11) is 0. The Morgan fingerprint density at radius 3 is 3.10 bits per heavy atom. The van der Waals surface area contributed by atoms with Crippen molar-refractivity contribution in [1.82, 2.24) is 20.3 Å². The van der Waals surface area contributed by atoms with Crippen molar-refractivity contribution in [1.29, 1.82) is 0 Å². The van der Waals surface area contributed by atoms with Gasteiger partial charge >= 0.3 is 0 Å². The molecule has 1 aliphatic carbocycles. The third-order valence-corrected chi connectivity index (χ3v) is 3.83. The molecule has 1 aromatic carbocycles. The molecule has 0 atom stereocenters. The molecule has 1 amide bonds.